The molecular weight excluding hydrogens is 488 g/mol. The molecule has 0 atom stereocenters. The van der Waals surface area contributed by atoms with Crippen molar-refractivity contribution in [2.24, 2.45) is 0 Å². The second-order valence-corrected chi connectivity index (χ2v) is 9.14. The average molecular weight is 516 g/mol. The van der Waals surface area contributed by atoms with Crippen LogP contribution in [0.25, 0.3) is 16.9 Å². The van der Waals surface area contributed by atoms with Gasteiger partial charge in [-0.2, -0.15) is 0 Å². The number of halogens is 2. The van der Waals surface area contributed by atoms with Crippen LogP contribution in [0.3, 0.4) is 0 Å². The molecule has 38 heavy (non-hydrogen) atoms. The van der Waals surface area contributed by atoms with Crippen molar-refractivity contribution in [3.05, 3.63) is 107 Å². The summed E-state index contributed by atoms with van der Waals surface area (Å²) in [5.41, 5.74) is 3.13. The first-order valence-corrected chi connectivity index (χ1v) is 12.3. The summed E-state index contributed by atoms with van der Waals surface area (Å²) in [7, 11) is 1.58. The zero-order chi connectivity index (χ0) is 26.8. The number of aromatic nitrogens is 1. The van der Waals surface area contributed by atoms with Gasteiger partial charge in [-0.05, 0) is 55.5 Å². The lowest BCUT2D eigenvalue weighted by Gasteiger charge is -2.34. The number of ether oxygens (including phenoxy) is 1. The summed E-state index contributed by atoms with van der Waals surface area (Å²) in [5.74, 6) is -0.683. The quantitative estimate of drug-likeness (QED) is 0.361. The molecule has 1 aliphatic rings. The molecule has 8 heteroatoms. The number of benzene rings is 3. The Morgan fingerprint density at radius 3 is 2.16 bits per heavy atom. The van der Waals surface area contributed by atoms with Gasteiger partial charge in [0.2, 0.25) is 0 Å². The highest BCUT2D eigenvalue weighted by Crippen LogP contribution is 2.33. The molecule has 194 valence electrons. The van der Waals surface area contributed by atoms with Crippen LogP contribution in [0.2, 0.25) is 0 Å². The summed E-state index contributed by atoms with van der Waals surface area (Å²) in [5, 5.41) is 0. The van der Waals surface area contributed by atoms with Crippen LogP contribution in [0.4, 0.5) is 8.78 Å². The molecule has 0 bridgehead atoms. The predicted octanol–water partition coefficient (Wildman–Crippen LogP) is 5.34. The van der Waals surface area contributed by atoms with Crippen molar-refractivity contribution in [2.45, 2.75) is 6.92 Å². The second kappa shape index (κ2) is 10.5. The molecule has 0 unspecified atom stereocenters. The minimum atomic E-state index is -0.466. The van der Waals surface area contributed by atoms with Gasteiger partial charge < -0.3 is 19.1 Å². The van der Waals surface area contributed by atoms with Crippen LogP contribution in [0, 0.1) is 18.6 Å². The molecule has 5 rings (SSSR count). The topological polar surface area (TPSA) is 54.8 Å². The van der Waals surface area contributed by atoms with Crippen molar-refractivity contribution in [1.82, 2.24) is 14.4 Å². The fourth-order valence-electron chi connectivity index (χ4n) is 4.85. The third-order valence-electron chi connectivity index (χ3n) is 6.86. The predicted molar refractivity (Wildman–Crippen MR) is 141 cm³/mol. The Labute approximate surface area is 219 Å². The molecule has 3 aromatic carbocycles. The first kappa shape index (κ1) is 25.2. The van der Waals surface area contributed by atoms with Gasteiger partial charge in [0.25, 0.3) is 11.8 Å². The van der Waals surface area contributed by atoms with E-state index in [1.54, 1.807) is 58.7 Å². The van der Waals surface area contributed by atoms with Crippen LogP contribution in [0.5, 0.6) is 5.75 Å². The summed E-state index contributed by atoms with van der Waals surface area (Å²) in [6, 6.07) is 21.2. The number of amides is 2. The van der Waals surface area contributed by atoms with E-state index in [9.17, 15) is 18.4 Å². The van der Waals surface area contributed by atoms with Gasteiger partial charge in [-0.3, -0.25) is 9.59 Å². The minimum Gasteiger partial charge on any atom is -0.497 e. The molecule has 2 amide bonds. The molecule has 1 aliphatic heterocycles. The number of nitrogens with zero attached hydrogens (tertiary/aromatic N) is 3. The molecule has 2 heterocycles. The lowest BCUT2D eigenvalue weighted by molar-refractivity contribution is 0.0535. The maximum absolute atomic E-state index is 14.9. The van der Waals surface area contributed by atoms with E-state index in [4.69, 9.17) is 4.74 Å². The zero-order valence-corrected chi connectivity index (χ0v) is 21.2. The van der Waals surface area contributed by atoms with Gasteiger partial charge in [0.1, 0.15) is 17.4 Å². The minimum absolute atomic E-state index is 0.195. The van der Waals surface area contributed by atoms with Gasteiger partial charge in [-0.25, -0.2) is 8.78 Å². The van der Waals surface area contributed by atoms with Crippen LogP contribution < -0.4 is 4.74 Å². The summed E-state index contributed by atoms with van der Waals surface area (Å²) < 4.78 is 35.7. The molecule has 0 radical (unpaired) electrons. The molecule has 0 aliphatic carbocycles. The van der Waals surface area contributed by atoms with Gasteiger partial charge in [-0.15, -0.1) is 0 Å². The number of hydrogen-bond donors (Lipinski definition) is 0. The number of methoxy groups -OCH3 is 1. The van der Waals surface area contributed by atoms with Gasteiger partial charge in [0, 0.05) is 43.0 Å². The molecule has 6 nitrogen and oxygen atoms in total. The number of piperazine rings is 1. The Balaban J connectivity index is 1.44. The Morgan fingerprint density at radius 2 is 1.47 bits per heavy atom. The maximum Gasteiger partial charge on any atom is 0.255 e. The molecule has 0 saturated carbocycles. The first-order valence-electron chi connectivity index (χ1n) is 12.3. The monoisotopic (exact) mass is 515 g/mol. The summed E-state index contributed by atoms with van der Waals surface area (Å²) in [6.45, 7) is 3.12. The van der Waals surface area contributed by atoms with E-state index in [1.807, 2.05) is 24.3 Å². The standard InChI is InChI=1S/C30H27F2N3O3/c1-20-25(30(37)34-15-13-33(14-16-34)29(36)22-8-5-9-23(31)17-22)19-28(21-7-6-10-24(18-21)38-2)35(20)27-12-4-3-11-26(27)32/h3-12,17-19H,13-16H2,1-2H3. The third kappa shape index (κ3) is 4.77. The number of carbonyl (C=O) groups is 2. The molecule has 0 N–H and O–H groups in total. The maximum atomic E-state index is 14.9. The highest BCUT2D eigenvalue weighted by atomic mass is 19.1. The highest BCUT2D eigenvalue weighted by Gasteiger charge is 2.29. The molecule has 1 saturated heterocycles. The molecule has 0 spiro atoms. The van der Waals surface area contributed by atoms with Gasteiger partial charge >= 0.3 is 0 Å². The number of carbonyl (C=O) groups excluding carboxylic acids is 2. The van der Waals surface area contributed by atoms with E-state index in [0.717, 1.165) is 5.56 Å². The Kier molecular flexibility index (Phi) is 6.96. The van der Waals surface area contributed by atoms with E-state index in [-0.39, 0.29) is 17.4 Å². The summed E-state index contributed by atoms with van der Waals surface area (Å²) >= 11 is 0. The van der Waals surface area contributed by atoms with Crippen LogP contribution in [0.15, 0.2) is 78.9 Å². The average Bonchev–Trinajstić information content (AvgIpc) is 3.29. The summed E-state index contributed by atoms with van der Waals surface area (Å²) in [6.07, 6.45) is 0. The van der Waals surface area contributed by atoms with Crippen molar-refractivity contribution >= 4 is 11.8 Å². The SMILES string of the molecule is COc1cccc(-c2cc(C(=O)N3CCN(C(=O)c4cccc(F)c4)CC3)c(C)n2-c2ccccc2F)c1. The highest BCUT2D eigenvalue weighted by molar-refractivity contribution is 5.98. The normalized spacial score (nSPS) is 13.5. The Bertz CT molecular complexity index is 1510. The smallest absolute Gasteiger partial charge is 0.255 e. The van der Waals surface area contributed by atoms with E-state index in [0.29, 0.717) is 54.6 Å². The van der Waals surface area contributed by atoms with Crippen LogP contribution in [-0.2, 0) is 0 Å². The fourth-order valence-corrected chi connectivity index (χ4v) is 4.85. The molecular formula is C30H27F2N3O3. The second-order valence-electron chi connectivity index (χ2n) is 9.14. The fraction of sp³-hybridized carbons (Fsp3) is 0.200. The van der Waals surface area contributed by atoms with Crippen LogP contribution in [0.1, 0.15) is 26.4 Å². The first-order chi connectivity index (χ1) is 18.4. The van der Waals surface area contributed by atoms with Crippen molar-refractivity contribution in [2.75, 3.05) is 33.3 Å². The van der Waals surface area contributed by atoms with Crippen molar-refractivity contribution in [3.63, 3.8) is 0 Å². The number of rotatable bonds is 5. The van der Waals surface area contributed by atoms with Gasteiger partial charge in [0.05, 0.1) is 24.1 Å². The molecule has 4 aromatic rings. The Morgan fingerprint density at radius 1 is 0.789 bits per heavy atom. The molecule has 1 fully saturated rings. The van der Waals surface area contributed by atoms with E-state index in [2.05, 4.69) is 0 Å². The lowest BCUT2D eigenvalue weighted by Crippen LogP contribution is -2.50. The van der Waals surface area contributed by atoms with Crippen molar-refractivity contribution < 1.29 is 23.1 Å². The zero-order valence-electron chi connectivity index (χ0n) is 21.2. The lowest BCUT2D eigenvalue weighted by atomic mass is 10.1. The van der Waals surface area contributed by atoms with Gasteiger partial charge in [0.15, 0.2) is 0 Å². The van der Waals surface area contributed by atoms with Crippen LogP contribution >= 0.6 is 0 Å². The molecule has 1 aromatic heterocycles. The largest absolute Gasteiger partial charge is 0.497 e. The van der Waals surface area contributed by atoms with Gasteiger partial charge in [-0.1, -0.05) is 30.3 Å². The number of para-hydroxylation sites is 1. The third-order valence-corrected chi connectivity index (χ3v) is 6.86. The van der Waals surface area contributed by atoms with Crippen molar-refractivity contribution in [3.8, 4) is 22.7 Å². The summed E-state index contributed by atoms with van der Waals surface area (Å²) in [4.78, 5) is 29.8. The number of hydrogen-bond acceptors (Lipinski definition) is 3. The van der Waals surface area contributed by atoms with Crippen molar-refractivity contribution in [1.29, 1.82) is 0 Å². The van der Waals surface area contributed by atoms with E-state index < -0.39 is 11.6 Å². The van der Waals surface area contributed by atoms with E-state index >= 15 is 0 Å². The van der Waals surface area contributed by atoms with E-state index in [1.165, 1.54) is 24.3 Å². The Hall–Kier alpha value is -4.46. The van der Waals surface area contributed by atoms with Crippen LogP contribution in [-0.4, -0.2) is 59.5 Å².